The van der Waals surface area contributed by atoms with Gasteiger partial charge >= 0.3 is 0 Å². The topological polar surface area (TPSA) is 42.0 Å². The van der Waals surface area contributed by atoms with Crippen LogP contribution in [-0.4, -0.2) is 56.3 Å². The molecule has 0 bridgehead atoms. The zero-order valence-corrected chi connectivity index (χ0v) is 18.6. The zero-order valence-electron chi connectivity index (χ0n) is 18.6. The number of hydrogen-bond donors (Lipinski definition) is 0. The Balaban J connectivity index is 1.48. The number of nitrogens with zero attached hydrogens (tertiary/aromatic N) is 2. The van der Waals surface area contributed by atoms with E-state index in [0.717, 1.165) is 38.9 Å². The lowest BCUT2D eigenvalue weighted by atomic mass is 9.88. The second kappa shape index (κ2) is 10.3. The number of hydrogen-bond acceptors (Lipinski definition) is 4. The molecule has 0 atom stereocenters. The summed E-state index contributed by atoms with van der Waals surface area (Å²) in [7, 11) is 1.63. The van der Waals surface area contributed by atoms with Crippen molar-refractivity contribution in [2.75, 3.05) is 44.8 Å². The van der Waals surface area contributed by atoms with Crippen LogP contribution < -0.4 is 4.90 Å². The average molecular weight is 439 g/mol. The van der Waals surface area contributed by atoms with Crippen molar-refractivity contribution in [2.45, 2.75) is 31.3 Å². The number of rotatable bonds is 7. The number of carbonyl (C=O) groups is 1. The van der Waals surface area contributed by atoms with Gasteiger partial charge in [-0.15, -0.1) is 0 Å². The third-order valence-corrected chi connectivity index (χ3v) is 6.35. The van der Waals surface area contributed by atoms with E-state index in [1.165, 1.54) is 11.6 Å². The third kappa shape index (κ3) is 5.19. The fourth-order valence-corrected chi connectivity index (χ4v) is 4.48. The van der Waals surface area contributed by atoms with Crippen molar-refractivity contribution in [1.29, 1.82) is 0 Å². The molecule has 0 aromatic heterocycles. The average Bonchev–Trinajstić information content (AvgIpc) is 2.82. The van der Waals surface area contributed by atoms with Gasteiger partial charge in [0.1, 0.15) is 11.4 Å². The quantitative estimate of drug-likeness (QED) is 0.480. The molecule has 2 aliphatic heterocycles. The first-order valence-corrected chi connectivity index (χ1v) is 11.3. The highest BCUT2D eigenvalue weighted by atomic mass is 19.1. The summed E-state index contributed by atoms with van der Waals surface area (Å²) in [4.78, 5) is 17.1. The SMILES string of the molecule is COCC/C=C1/OC2(CCN(CCc3ccccc3)CC2)CN(c2ccccc2F)C1=O. The number of benzene rings is 2. The van der Waals surface area contributed by atoms with Gasteiger partial charge in [-0.1, -0.05) is 42.5 Å². The second-order valence-electron chi connectivity index (χ2n) is 8.55. The molecule has 1 amide bonds. The van der Waals surface area contributed by atoms with E-state index in [-0.39, 0.29) is 5.91 Å². The minimum atomic E-state index is -0.502. The van der Waals surface area contributed by atoms with Crippen LogP contribution in [0, 0.1) is 5.82 Å². The maximum atomic E-state index is 14.6. The van der Waals surface area contributed by atoms with Crippen molar-refractivity contribution in [2.24, 2.45) is 0 Å². The first-order chi connectivity index (χ1) is 15.6. The predicted octanol–water partition coefficient (Wildman–Crippen LogP) is 4.19. The summed E-state index contributed by atoms with van der Waals surface area (Å²) in [6.07, 6.45) is 4.95. The summed E-state index contributed by atoms with van der Waals surface area (Å²) in [5.74, 6) is -0.382. The fraction of sp³-hybridized carbons (Fsp3) is 0.423. The van der Waals surface area contributed by atoms with Gasteiger partial charge in [0.15, 0.2) is 5.76 Å². The Kier molecular flexibility index (Phi) is 7.22. The van der Waals surface area contributed by atoms with E-state index in [1.807, 2.05) is 6.07 Å². The molecule has 0 aliphatic carbocycles. The maximum absolute atomic E-state index is 14.6. The molecular weight excluding hydrogens is 407 g/mol. The highest BCUT2D eigenvalue weighted by Crippen LogP contribution is 2.37. The summed E-state index contributed by atoms with van der Waals surface area (Å²) in [6, 6.07) is 16.9. The standard InChI is InChI=1S/C26H31FN2O3/c1-31-19-7-12-24-25(30)29(23-11-6-5-10-22(23)27)20-26(32-24)14-17-28(18-15-26)16-13-21-8-3-2-4-9-21/h2-6,8-12H,7,13-20H2,1H3/b24-12+. The van der Waals surface area contributed by atoms with Crippen LogP contribution in [0.5, 0.6) is 0 Å². The molecule has 2 aliphatic rings. The van der Waals surface area contributed by atoms with Crippen LogP contribution >= 0.6 is 0 Å². The highest BCUT2D eigenvalue weighted by Gasteiger charge is 2.46. The van der Waals surface area contributed by atoms with Gasteiger partial charge in [0.25, 0.3) is 5.91 Å². The lowest BCUT2D eigenvalue weighted by Crippen LogP contribution is -2.58. The fourth-order valence-electron chi connectivity index (χ4n) is 4.48. The molecule has 5 nitrogen and oxygen atoms in total. The molecule has 0 radical (unpaired) electrons. The Bertz CT molecular complexity index is 939. The minimum absolute atomic E-state index is 0.289. The Morgan fingerprint density at radius 3 is 2.53 bits per heavy atom. The van der Waals surface area contributed by atoms with Crippen molar-refractivity contribution < 1.29 is 18.7 Å². The number of methoxy groups -OCH3 is 1. The molecular formula is C26H31FN2O3. The molecule has 2 aromatic rings. The number of anilines is 1. The molecule has 170 valence electrons. The van der Waals surface area contributed by atoms with Gasteiger partial charge in [-0.3, -0.25) is 9.69 Å². The number of halogens is 1. The van der Waals surface area contributed by atoms with Gasteiger partial charge in [-0.2, -0.15) is 0 Å². The number of likely N-dealkylation sites (tertiary alicyclic amines) is 1. The van der Waals surface area contributed by atoms with E-state index in [2.05, 4.69) is 29.2 Å². The lowest BCUT2D eigenvalue weighted by Gasteiger charge is -2.47. The van der Waals surface area contributed by atoms with Crippen LogP contribution in [0.15, 0.2) is 66.4 Å². The van der Waals surface area contributed by atoms with Gasteiger partial charge in [-0.05, 0) is 36.6 Å². The number of ether oxygens (including phenoxy) is 2. The summed E-state index contributed by atoms with van der Waals surface area (Å²) < 4.78 is 26.0. The van der Waals surface area contributed by atoms with Crippen molar-refractivity contribution in [1.82, 2.24) is 4.90 Å². The predicted molar refractivity (Wildman–Crippen MR) is 123 cm³/mol. The van der Waals surface area contributed by atoms with Gasteiger partial charge in [0, 0.05) is 46.2 Å². The van der Waals surface area contributed by atoms with Crippen molar-refractivity contribution in [3.63, 3.8) is 0 Å². The van der Waals surface area contributed by atoms with Crippen molar-refractivity contribution >= 4 is 11.6 Å². The monoisotopic (exact) mass is 438 g/mol. The molecule has 2 heterocycles. The van der Waals surface area contributed by atoms with E-state index in [9.17, 15) is 9.18 Å². The van der Waals surface area contributed by atoms with E-state index in [1.54, 1.807) is 36.3 Å². The molecule has 2 fully saturated rings. The normalized spacial score (nSPS) is 20.0. The molecule has 0 saturated carbocycles. The summed E-state index contributed by atoms with van der Waals surface area (Å²) in [5.41, 5.74) is 1.14. The van der Waals surface area contributed by atoms with Crippen LogP contribution in [0.2, 0.25) is 0 Å². The summed E-state index contributed by atoms with van der Waals surface area (Å²) >= 11 is 0. The molecule has 32 heavy (non-hydrogen) atoms. The first-order valence-electron chi connectivity index (χ1n) is 11.3. The molecule has 6 heteroatoms. The van der Waals surface area contributed by atoms with Crippen LogP contribution in [0.3, 0.4) is 0 Å². The van der Waals surface area contributed by atoms with Crippen LogP contribution in [0.25, 0.3) is 0 Å². The zero-order chi connectivity index (χ0) is 22.4. The Labute approximate surface area is 189 Å². The van der Waals surface area contributed by atoms with Gasteiger partial charge in [0.2, 0.25) is 0 Å². The summed E-state index contributed by atoms with van der Waals surface area (Å²) in [5, 5.41) is 0. The van der Waals surface area contributed by atoms with E-state index in [4.69, 9.17) is 9.47 Å². The van der Waals surface area contributed by atoms with Gasteiger partial charge < -0.3 is 14.4 Å². The molecule has 4 rings (SSSR count). The Hall–Kier alpha value is -2.70. The van der Waals surface area contributed by atoms with E-state index < -0.39 is 11.4 Å². The summed E-state index contributed by atoms with van der Waals surface area (Å²) in [6.45, 7) is 3.63. The Morgan fingerprint density at radius 2 is 1.81 bits per heavy atom. The molecule has 0 unspecified atom stereocenters. The molecule has 2 saturated heterocycles. The minimum Gasteiger partial charge on any atom is -0.480 e. The van der Waals surface area contributed by atoms with Crippen LogP contribution in [0.4, 0.5) is 10.1 Å². The number of para-hydroxylation sites is 1. The third-order valence-electron chi connectivity index (χ3n) is 6.35. The number of amides is 1. The second-order valence-corrected chi connectivity index (χ2v) is 8.55. The number of piperidine rings is 1. The maximum Gasteiger partial charge on any atom is 0.293 e. The molecule has 1 spiro atoms. The van der Waals surface area contributed by atoms with Crippen molar-refractivity contribution in [3.8, 4) is 0 Å². The highest BCUT2D eigenvalue weighted by molar-refractivity contribution is 6.05. The Morgan fingerprint density at radius 1 is 1.09 bits per heavy atom. The number of carbonyl (C=O) groups excluding carboxylic acids is 1. The van der Waals surface area contributed by atoms with Gasteiger partial charge in [0.05, 0.1) is 12.2 Å². The van der Waals surface area contributed by atoms with Gasteiger partial charge in [-0.25, -0.2) is 4.39 Å². The van der Waals surface area contributed by atoms with E-state index in [0.29, 0.717) is 31.0 Å². The van der Waals surface area contributed by atoms with Crippen molar-refractivity contribution in [3.05, 3.63) is 77.8 Å². The molecule has 0 N–H and O–H groups in total. The smallest absolute Gasteiger partial charge is 0.293 e. The number of morpholine rings is 1. The molecule has 2 aromatic carbocycles. The van der Waals surface area contributed by atoms with Crippen LogP contribution in [0.1, 0.15) is 24.8 Å². The van der Waals surface area contributed by atoms with E-state index >= 15 is 0 Å². The largest absolute Gasteiger partial charge is 0.480 e. The first kappa shape index (κ1) is 22.5. The lowest BCUT2D eigenvalue weighted by molar-refractivity contribution is -0.131. The van der Waals surface area contributed by atoms with Crippen LogP contribution in [-0.2, 0) is 20.7 Å².